The van der Waals surface area contributed by atoms with Crippen LogP contribution in [0.2, 0.25) is 0 Å². The molecule has 17 heavy (non-hydrogen) atoms. The smallest absolute Gasteiger partial charge is 0.389 e. The van der Waals surface area contributed by atoms with Crippen molar-refractivity contribution < 1.29 is 17.9 Å². The van der Waals surface area contributed by atoms with Crippen LogP contribution in [0, 0.1) is 0 Å². The molecule has 0 spiro atoms. The van der Waals surface area contributed by atoms with Gasteiger partial charge in [0, 0.05) is 12.5 Å². The predicted molar refractivity (Wildman–Crippen MR) is 58.3 cm³/mol. The highest BCUT2D eigenvalue weighted by molar-refractivity contribution is 5.29. The third kappa shape index (κ3) is 4.62. The Balaban J connectivity index is 2.66. The number of hydrazine groups is 1. The van der Waals surface area contributed by atoms with Crippen LogP contribution in [0.1, 0.15) is 24.4 Å². The van der Waals surface area contributed by atoms with Gasteiger partial charge in [0.1, 0.15) is 5.75 Å². The number of hydrogen-bond acceptors (Lipinski definition) is 3. The normalized spacial score (nSPS) is 13.5. The molecule has 1 aromatic rings. The number of alkyl halides is 3. The number of methoxy groups -OCH3 is 1. The minimum atomic E-state index is -4.17. The summed E-state index contributed by atoms with van der Waals surface area (Å²) in [6.07, 6.45) is -5.12. The standard InChI is InChI=1S/C11H15F3N2O/c1-17-9-4-2-8(3-5-9)10(16-15)6-7-11(12,13)14/h2-5,10,16H,6-7,15H2,1H3. The molecule has 0 aliphatic carbocycles. The van der Waals surface area contributed by atoms with E-state index in [1.54, 1.807) is 24.3 Å². The van der Waals surface area contributed by atoms with Crippen molar-refractivity contribution in [2.45, 2.75) is 25.1 Å². The van der Waals surface area contributed by atoms with E-state index in [0.717, 1.165) is 0 Å². The molecule has 0 aromatic heterocycles. The second kappa shape index (κ2) is 5.88. The summed E-state index contributed by atoms with van der Waals surface area (Å²) in [5, 5.41) is 0. The van der Waals surface area contributed by atoms with Gasteiger partial charge in [-0.05, 0) is 24.1 Å². The zero-order chi connectivity index (χ0) is 12.9. The van der Waals surface area contributed by atoms with Crippen LogP contribution in [0.4, 0.5) is 13.2 Å². The van der Waals surface area contributed by atoms with Crippen molar-refractivity contribution in [1.29, 1.82) is 0 Å². The van der Waals surface area contributed by atoms with Crippen LogP contribution in [0.5, 0.6) is 5.75 Å². The summed E-state index contributed by atoms with van der Waals surface area (Å²) in [4.78, 5) is 0. The first-order valence-electron chi connectivity index (χ1n) is 5.13. The lowest BCUT2D eigenvalue weighted by Gasteiger charge is -2.17. The zero-order valence-corrected chi connectivity index (χ0v) is 9.42. The lowest BCUT2D eigenvalue weighted by Crippen LogP contribution is -2.29. The maximum absolute atomic E-state index is 12.1. The van der Waals surface area contributed by atoms with Crippen molar-refractivity contribution in [2.75, 3.05) is 7.11 Å². The van der Waals surface area contributed by atoms with Crippen LogP contribution in [0.3, 0.4) is 0 Å². The van der Waals surface area contributed by atoms with Gasteiger partial charge in [-0.3, -0.25) is 11.3 Å². The molecule has 1 aromatic carbocycles. The zero-order valence-electron chi connectivity index (χ0n) is 9.42. The highest BCUT2D eigenvalue weighted by atomic mass is 19.4. The summed E-state index contributed by atoms with van der Waals surface area (Å²) in [5.41, 5.74) is 3.09. The number of benzene rings is 1. The summed E-state index contributed by atoms with van der Waals surface area (Å²) in [6, 6.07) is 6.25. The van der Waals surface area contributed by atoms with E-state index in [2.05, 4.69) is 5.43 Å². The monoisotopic (exact) mass is 248 g/mol. The number of nitrogens with one attached hydrogen (secondary N) is 1. The molecule has 1 atom stereocenters. The van der Waals surface area contributed by atoms with E-state index >= 15 is 0 Å². The third-order valence-electron chi connectivity index (χ3n) is 2.44. The number of ether oxygens (including phenoxy) is 1. The van der Waals surface area contributed by atoms with Crippen molar-refractivity contribution in [3.05, 3.63) is 29.8 Å². The van der Waals surface area contributed by atoms with Crippen molar-refractivity contribution in [3.63, 3.8) is 0 Å². The van der Waals surface area contributed by atoms with Gasteiger partial charge < -0.3 is 4.74 Å². The average molecular weight is 248 g/mol. The van der Waals surface area contributed by atoms with Crippen molar-refractivity contribution >= 4 is 0 Å². The molecular weight excluding hydrogens is 233 g/mol. The molecule has 0 saturated carbocycles. The van der Waals surface area contributed by atoms with E-state index in [9.17, 15) is 13.2 Å². The topological polar surface area (TPSA) is 47.3 Å². The molecule has 0 aliphatic rings. The summed E-state index contributed by atoms with van der Waals surface area (Å²) in [5.74, 6) is 5.91. The van der Waals surface area contributed by atoms with Crippen LogP contribution in [-0.4, -0.2) is 13.3 Å². The Morgan fingerprint density at radius 2 is 1.88 bits per heavy atom. The molecule has 96 valence electrons. The van der Waals surface area contributed by atoms with Gasteiger partial charge in [0.15, 0.2) is 0 Å². The van der Waals surface area contributed by atoms with Gasteiger partial charge in [0.25, 0.3) is 0 Å². The van der Waals surface area contributed by atoms with Crippen LogP contribution < -0.4 is 16.0 Å². The molecule has 0 amide bonds. The van der Waals surface area contributed by atoms with Gasteiger partial charge in [-0.1, -0.05) is 12.1 Å². The molecule has 1 rings (SSSR count). The molecule has 3 N–H and O–H groups in total. The van der Waals surface area contributed by atoms with Gasteiger partial charge in [-0.2, -0.15) is 13.2 Å². The molecule has 3 nitrogen and oxygen atoms in total. The Hall–Kier alpha value is -1.27. The first kappa shape index (κ1) is 13.8. The minimum absolute atomic E-state index is 0.0909. The first-order valence-corrected chi connectivity index (χ1v) is 5.13. The Bertz CT molecular complexity index is 338. The fourth-order valence-corrected chi connectivity index (χ4v) is 1.49. The SMILES string of the molecule is COc1ccc(C(CCC(F)(F)F)NN)cc1. The quantitative estimate of drug-likeness (QED) is 0.622. The molecule has 0 radical (unpaired) electrons. The van der Waals surface area contributed by atoms with E-state index < -0.39 is 18.6 Å². The number of rotatable bonds is 5. The fraction of sp³-hybridized carbons (Fsp3) is 0.455. The highest BCUT2D eigenvalue weighted by Gasteiger charge is 2.28. The lowest BCUT2D eigenvalue weighted by molar-refractivity contribution is -0.136. The number of hydrogen-bond donors (Lipinski definition) is 2. The van der Waals surface area contributed by atoms with Crippen molar-refractivity contribution in [2.24, 2.45) is 5.84 Å². The molecule has 1 unspecified atom stereocenters. The predicted octanol–water partition coefficient (Wildman–Crippen LogP) is 2.54. The minimum Gasteiger partial charge on any atom is -0.497 e. The molecule has 0 heterocycles. The summed E-state index contributed by atoms with van der Waals surface area (Å²) < 4.78 is 41.3. The molecule has 6 heteroatoms. The van der Waals surface area contributed by atoms with E-state index in [-0.39, 0.29) is 6.42 Å². The number of nitrogens with two attached hydrogens (primary N) is 1. The van der Waals surface area contributed by atoms with Crippen LogP contribution in [-0.2, 0) is 0 Å². The van der Waals surface area contributed by atoms with Gasteiger partial charge in [0.2, 0.25) is 0 Å². The van der Waals surface area contributed by atoms with E-state index in [0.29, 0.717) is 11.3 Å². The maximum atomic E-state index is 12.1. The van der Waals surface area contributed by atoms with Gasteiger partial charge in [0.05, 0.1) is 7.11 Å². The van der Waals surface area contributed by atoms with E-state index in [1.165, 1.54) is 7.11 Å². The molecule has 0 saturated heterocycles. The molecule has 0 aliphatic heterocycles. The Labute approximate surface area is 97.7 Å². The Kier molecular flexibility index (Phi) is 4.77. The summed E-state index contributed by atoms with van der Waals surface area (Å²) in [7, 11) is 1.53. The van der Waals surface area contributed by atoms with Crippen LogP contribution in [0.25, 0.3) is 0 Å². The second-order valence-corrected chi connectivity index (χ2v) is 3.65. The maximum Gasteiger partial charge on any atom is 0.389 e. The van der Waals surface area contributed by atoms with Gasteiger partial charge >= 0.3 is 6.18 Å². The van der Waals surface area contributed by atoms with Crippen LogP contribution >= 0.6 is 0 Å². The second-order valence-electron chi connectivity index (χ2n) is 3.65. The Morgan fingerprint density at radius 1 is 1.29 bits per heavy atom. The van der Waals surface area contributed by atoms with Crippen LogP contribution in [0.15, 0.2) is 24.3 Å². The third-order valence-corrected chi connectivity index (χ3v) is 2.44. The number of halogens is 3. The molecule has 0 bridgehead atoms. The van der Waals surface area contributed by atoms with E-state index in [4.69, 9.17) is 10.6 Å². The lowest BCUT2D eigenvalue weighted by atomic mass is 10.0. The molecule has 0 fully saturated rings. The average Bonchev–Trinajstić information content (AvgIpc) is 2.29. The largest absolute Gasteiger partial charge is 0.497 e. The Morgan fingerprint density at radius 3 is 2.29 bits per heavy atom. The van der Waals surface area contributed by atoms with E-state index in [1.807, 2.05) is 0 Å². The van der Waals surface area contributed by atoms with Crippen molar-refractivity contribution in [3.8, 4) is 5.75 Å². The highest BCUT2D eigenvalue weighted by Crippen LogP contribution is 2.27. The summed E-state index contributed by atoms with van der Waals surface area (Å²) >= 11 is 0. The van der Waals surface area contributed by atoms with Crippen molar-refractivity contribution in [1.82, 2.24) is 5.43 Å². The van der Waals surface area contributed by atoms with Gasteiger partial charge in [-0.25, -0.2) is 0 Å². The summed E-state index contributed by atoms with van der Waals surface area (Å²) in [6.45, 7) is 0. The van der Waals surface area contributed by atoms with Gasteiger partial charge in [-0.15, -0.1) is 0 Å². The fourth-order valence-electron chi connectivity index (χ4n) is 1.49. The molecular formula is C11H15F3N2O. The first-order chi connectivity index (χ1) is 7.96.